The van der Waals surface area contributed by atoms with Crippen LogP contribution in [-0.2, 0) is 0 Å². The zero-order valence-corrected chi connectivity index (χ0v) is 14.8. The third kappa shape index (κ3) is 3.72. The number of nitrogens with one attached hydrogen (secondary N) is 1. The first kappa shape index (κ1) is 17.0. The summed E-state index contributed by atoms with van der Waals surface area (Å²) in [5.74, 6) is 0.580. The first-order valence-corrected chi connectivity index (χ1v) is 8.67. The van der Waals surface area contributed by atoms with Crippen LogP contribution in [0.4, 0.5) is 10.1 Å². The molecule has 134 valence electrons. The fourth-order valence-electron chi connectivity index (χ4n) is 2.88. The number of rotatable bonds is 5. The quantitative estimate of drug-likeness (QED) is 0.519. The van der Waals surface area contributed by atoms with E-state index in [0.717, 1.165) is 22.4 Å². The van der Waals surface area contributed by atoms with Gasteiger partial charge >= 0.3 is 0 Å². The highest BCUT2D eigenvalue weighted by atomic mass is 19.1. The second-order valence-electron chi connectivity index (χ2n) is 6.26. The number of nitrogens with zero attached hydrogens (tertiary/aromatic N) is 2. The van der Waals surface area contributed by atoms with Crippen LogP contribution in [0.25, 0.3) is 11.5 Å². The minimum Gasteiger partial charge on any atom is -0.418 e. The van der Waals surface area contributed by atoms with Crippen molar-refractivity contribution in [3.63, 3.8) is 0 Å². The second kappa shape index (κ2) is 7.41. The van der Waals surface area contributed by atoms with Gasteiger partial charge < -0.3 is 9.73 Å². The topological polar surface area (TPSA) is 51.0 Å². The fourth-order valence-corrected chi connectivity index (χ4v) is 2.88. The predicted octanol–water partition coefficient (Wildman–Crippen LogP) is 5.39. The molecular weight excluding hydrogens is 341 g/mol. The molecule has 4 rings (SSSR count). The average molecular weight is 359 g/mol. The molecule has 3 aromatic carbocycles. The number of anilines is 1. The number of para-hydroxylation sites is 1. The molecule has 0 aliphatic carbocycles. The van der Waals surface area contributed by atoms with Crippen molar-refractivity contribution in [1.82, 2.24) is 10.2 Å². The van der Waals surface area contributed by atoms with E-state index in [1.54, 1.807) is 12.1 Å². The molecule has 1 N–H and O–H groups in total. The standard InChI is InChI=1S/C22H18FN3O/c1-15-7-5-6-10-19(15)24-20(16-11-13-18(23)14-12-16)22-26-25-21(27-22)17-8-3-2-4-9-17/h2-14,20,24H,1H3/t20-/m1/s1. The van der Waals surface area contributed by atoms with E-state index in [1.165, 1.54) is 12.1 Å². The fraction of sp³-hybridized carbons (Fsp3) is 0.0909. The molecule has 0 aliphatic rings. The summed E-state index contributed by atoms with van der Waals surface area (Å²) in [6, 6.07) is 23.4. The zero-order valence-electron chi connectivity index (χ0n) is 14.8. The monoisotopic (exact) mass is 359 g/mol. The Hall–Kier alpha value is -3.47. The lowest BCUT2D eigenvalue weighted by Gasteiger charge is -2.18. The largest absolute Gasteiger partial charge is 0.418 e. The third-order valence-corrected chi connectivity index (χ3v) is 4.36. The highest BCUT2D eigenvalue weighted by Gasteiger charge is 2.22. The first-order valence-electron chi connectivity index (χ1n) is 8.67. The van der Waals surface area contributed by atoms with E-state index in [0.29, 0.717) is 11.8 Å². The molecule has 0 saturated heterocycles. The summed E-state index contributed by atoms with van der Waals surface area (Å²) in [6.45, 7) is 2.02. The Morgan fingerprint density at radius 1 is 0.852 bits per heavy atom. The molecule has 5 heteroatoms. The maximum atomic E-state index is 13.4. The average Bonchev–Trinajstić information content (AvgIpc) is 3.19. The lowest BCUT2D eigenvalue weighted by atomic mass is 10.1. The van der Waals surface area contributed by atoms with Gasteiger partial charge in [0.15, 0.2) is 0 Å². The van der Waals surface area contributed by atoms with Crippen LogP contribution in [-0.4, -0.2) is 10.2 Å². The Bertz CT molecular complexity index is 1030. The maximum Gasteiger partial charge on any atom is 0.247 e. The highest BCUT2D eigenvalue weighted by Crippen LogP contribution is 2.29. The zero-order chi connectivity index (χ0) is 18.6. The van der Waals surface area contributed by atoms with Crippen LogP contribution in [0.2, 0.25) is 0 Å². The van der Waals surface area contributed by atoms with Crippen molar-refractivity contribution >= 4 is 5.69 Å². The Morgan fingerprint density at radius 3 is 2.30 bits per heavy atom. The van der Waals surface area contributed by atoms with Crippen molar-refractivity contribution in [2.45, 2.75) is 13.0 Å². The summed E-state index contributed by atoms with van der Waals surface area (Å²) in [7, 11) is 0. The molecule has 0 saturated carbocycles. The van der Waals surface area contributed by atoms with Gasteiger partial charge in [-0.1, -0.05) is 48.5 Å². The highest BCUT2D eigenvalue weighted by molar-refractivity contribution is 5.54. The molecule has 0 fully saturated rings. The lowest BCUT2D eigenvalue weighted by molar-refractivity contribution is 0.493. The van der Waals surface area contributed by atoms with Gasteiger partial charge in [-0.3, -0.25) is 0 Å². The van der Waals surface area contributed by atoms with Gasteiger partial charge in [0, 0.05) is 11.3 Å². The van der Waals surface area contributed by atoms with Crippen LogP contribution in [0.1, 0.15) is 23.1 Å². The summed E-state index contributed by atoms with van der Waals surface area (Å²) in [5.41, 5.74) is 3.73. The Kier molecular flexibility index (Phi) is 4.66. The lowest BCUT2D eigenvalue weighted by Crippen LogP contribution is -2.13. The molecular formula is C22H18FN3O. The molecule has 0 bridgehead atoms. The molecule has 1 aromatic heterocycles. The number of hydrogen-bond acceptors (Lipinski definition) is 4. The Morgan fingerprint density at radius 2 is 1.56 bits per heavy atom. The minimum atomic E-state index is -0.392. The van der Waals surface area contributed by atoms with Crippen molar-refractivity contribution < 1.29 is 8.81 Å². The van der Waals surface area contributed by atoms with Gasteiger partial charge in [0.25, 0.3) is 0 Å². The molecule has 4 aromatic rings. The smallest absolute Gasteiger partial charge is 0.247 e. The van der Waals surface area contributed by atoms with Crippen LogP contribution in [0.15, 0.2) is 83.3 Å². The van der Waals surface area contributed by atoms with Crippen LogP contribution in [0, 0.1) is 12.7 Å². The molecule has 1 heterocycles. The Balaban J connectivity index is 1.73. The van der Waals surface area contributed by atoms with Crippen molar-refractivity contribution in [1.29, 1.82) is 0 Å². The van der Waals surface area contributed by atoms with Gasteiger partial charge in [-0.25, -0.2) is 4.39 Å². The summed E-state index contributed by atoms with van der Waals surface area (Å²) in [5, 5.41) is 11.9. The van der Waals surface area contributed by atoms with Crippen molar-refractivity contribution in [3.05, 3.63) is 102 Å². The van der Waals surface area contributed by atoms with Crippen LogP contribution < -0.4 is 5.32 Å². The molecule has 4 nitrogen and oxygen atoms in total. The molecule has 0 aliphatic heterocycles. The molecule has 0 unspecified atom stereocenters. The normalized spacial score (nSPS) is 11.9. The van der Waals surface area contributed by atoms with E-state index < -0.39 is 6.04 Å². The SMILES string of the molecule is Cc1ccccc1N[C@H](c1ccc(F)cc1)c1nnc(-c2ccccc2)o1. The second-order valence-corrected chi connectivity index (χ2v) is 6.26. The first-order chi connectivity index (χ1) is 13.2. The summed E-state index contributed by atoms with van der Waals surface area (Å²) < 4.78 is 19.3. The molecule has 0 amide bonds. The van der Waals surface area contributed by atoms with Gasteiger partial charge in [0.05, 0.1) is 0 Å². The molecule has 0 radical (unpaired) electrons. The third-order valence-electron chi connectivity index (χ3n) is 4.36. The number of benzene rings is 3. The van der Waals surface area contributed by atoms with E-state index in [4.69, 9.17) is 4.42 Å². The van der Waals surface area contributed by atoms with Gasteiger partial charge in [0.1, 0.15) is 11.9 Å². The van der Waals surface area contributed by atoms with E-state index in [9.17, 15) is 4.39 Å². The van der Waals surface area contributed by atoms with E-state index in [-0.39, 0.29) is 5.82 Å². The predicted molar refractivity (Wildman–Crippen MR) is 103 cm³/mol. The van der Waals surface area contributed by atoms with Gasteiger partial charge in [-0.05, 0) is 48.4 Å². The van der Waals surface area contributed by atoms with E-state index in [2.05, 4.69) is 15.5 Å². The van der Waals surface area contributed by atoms with E-state index >= 15 is 0 Å². The number of aromatic nitrogens is 2. The van der Waals surface area contributed by atoms with E-state index in [1.807, 2.05) is 61.5 Å². The van der Waals surface area contributed by atoms with Gasteiger partial charge in [-0.2, -0.15) is 0 Å². The van der Waals surface area contributed by atoms with Gasteiger partial charge in [0.2, 0.25) is 11.8 Å². The molecule has 1 atom stereocenters. The van der Waals surface area contributed by atoms with Crippen LogP contribution in [0.3, 0.4) is 0 Å². The molecule has 0 spiro atoms. The summed E-state index contributed by atoms with van der Waals surface area (Å²) >= 11 is 0. The molecule has 27 heavy (non-hydrogen) atoms. The minimum absolute atomic E-state index is 0.288. The van der Waals surface area contributed by atoms with Crippen molar-refractivity contribution in [2.24, 2.45) is 0 Å². The maximum absolute atomic E-state index is 13.4. The summed E-state index contributed by atoms with van der Waals surface area (Å²) in [6.07, 6.45) is 0. The number of halogens is 1. The summed E-state index contributed by atoms with van der Waals surface area (Å²) in [4.78, 5) is 0. The van der Waals surface area contributed by atoms with Crippen molar-refractivity contribution in [2.75, 3.05) is 5.32 Å². The van der Waals surface area contributed by atoms with Gasteiger partial charge in [-0.15, -0.1) is 10.2 Å². The van der Waals surface area contributed by atoms with Crippen molar-refractivity contribution in [3.8, 4) is 11.5 Å². The van der Waals surface area contributed by atoms with Crippen LogP contribution in [0.5, 0.6) is 0 Å². The number of aryl methyl sites for hydroxylation is 1. The number of hydrogen-bond donors (Lipinski definition) is 1. The Labute approximate surface area is 156 Å². The van der Waals surface area contributed by atoms with Crippen LogP contribution >= 0.6 is 0 Å².